The Kier molecular flexibility index (Phi) is 1.44. The number of allylic oxidation sites excluding steroid dienone is 1. The number of hydrogen-bond acceptors (Lipinski definition) is 1. The largest absolute Gasteiger partial charge is 0.390 e. The number of rotatable bonds is 2. The normalized spacial score (nSPS) is 22.3. The first-order valence-electron chi connectivity index (χ1n) is 3.76. The van der Waals surface area contributed by atoms with Gasteiger partial charge in [-0.1, -0.05) is 25.5 Å². The summed E-state index contributed by atoms with van der Waals surface area (Å²) in [5.41, 5.74) is 1.17. The van der Waals surface area contributed by atoms with Crippen molar-refractivity contribution in [2.75, 3.05) is 0 Å². The summed E-state index contributed by atoms with van der Waals surface area (Å²) >= 11 is 0. The van der Waals surface area contributed by atoms with Crippen molar-refractivity contribution in [1.29, 1.82) is 0 Å². The average Bonchev–Trinajstić information content (AvgIpc) is 2.05. The molecule has 0 aromatic rings. The molecule has 0 amide bonds. The quantitative estimate of drug-likeness (QED) is 0.582. The number of hydrogen-bond donors (Lipinski definition) is 1. The van der Waals surface area contributed by atoms with E-state index in [1.807, 2.05) is 13.8 Å². The van der Waals surface area contributed by atoms with Gasteiger partial charge in [0.25, 0.3) is 0 Å². The van der Waals surface area contributed by atoms with Crippen molar-refractivity contribution >= 4 is 0 Å². The Hall–Kier alpha value is -0.300. The van der Waals surface area contributed by atoms with Crippen LogP contribution in [0.5, 0.6) is 0 Å². The van der Waals surface area contributed by atoms with Crippen molar-refractivity contribution in [3.05, 3.63) is 11.6 Å². The molecule has 1 nitrogen and oxygen atoms in total. The molecule has 1 aliphatic rings. The molecule has 0 unspecified atom stereocenters. The predicted molar refractivity (Wildman–Crippen MR) is 42.8 cm³/mol. The monoisotopic (exact) mass is 140 g/mol. The summed E-state index contributed by atoms with van der Waals surface area (Å²) in [5.74, 6) is 0. The highest BCUT2D eigenvalue weighted by molar-refractivity contribution is 5.36. The lowest BCUT2D eigenvalue weighted by Crippen LogP contribution is -2.18. The maximum absolute atomic E-state index is 9.42. The highest BCUT2D eigenvalue weighted by atomic mass is 16.3. The van der Waals surface area contributed by atoms with Gasteiger partial charge in [-0.15, -0.1) is 0 Å². The van der Waals surface area contributed by atoms with Crippen LogP contribution >= 0.6 is 0 Å². The van der Waals surface area contributed by atoms with Crippen LogP contribution in [0.15, 0.2) is 11.6 Å². The van der Waals surface area contributed by atoms with Crippen LogP contribution in [0.4, 0.5) is 0 Å². The fraction of sp³-hybridized carbons (Fsp3) is 0.778. The van der Waals surface area contributed by atoms with Gasteiger partial charge >= 0.3 is 0 Å². The van der Waals surface area contributed by atoms with Gasteiger partial charge in [-0.05, 0) is 20.3 Å². The van der Waals surface area contributed by atoms with Gasteiger partial charge in [-0.2, -0.15) is 0 Å². The molecule has 0 spiro atoms. The van der Waals surface area contributed by atoms with Crippen LogP contribution in [-0.2, 0) is 0 Å². The zero-order valence-electron chi connectivity index (χ0n) is 7.23. The van der Waals surface area contributed by atoms with E-state index in [1.165, 1.54) is 5.57 Å². The maximum Gasteiger partial charge on any atom is 0.0629 e. The Morgan fingerprint density at radius 1 is 1.50 bits per heavy atom. The third kappa shape index (κ3) is 1.84. The molecule has 0 fully saturated rings. The minimum atomic E-state index is -0.528. The second-order valence-corrected chi connectivity index (χ2v) is 4.38. The second-order valence-electron chi connectivity index (χ2n) is 4.38. The first-order chi connectivity index (χ1) is 4.31. The first kappa shape index (κ1) is 7.80. The predicted octanol–water partition coefficient (Wildman–Crippen LogP) is 2.11. The summed E-state index contributed by atoms with van der Waals surface area (Å²) in [4.78, 5) is 0. The van der Waals surface area contributed by atoms with Crippen molar-refractivity contribution < 1.29 is 5.11 Å². The van der Waals surface area contributed by atoms with E-state index in [-0.39, 0.29) is 0 Å². The van der Waals surface area contributed by atoms with Gasteiger partial charge in [0.05, 0.1) is 5.60 Å². The Balaban J connectivity index is 2.38. The smallest absolute Gasteiger partial charge is 0.0629 e. The van der Waals surface area contributed by atoms with E-state index in [4.69, 9.17) is 0 Å². The second kappa shape index (κ2) is 1.85. The van der Waals surface area contributed by atoms with Crippen LogP contribution in [0.2, 0.25) is 0 Å². The summed E-state index contributed by atoms with van der Waals surface area (Å²) in [7, 11) is 0. The molecule has 1 heteroatoms. The van der Waals surface area contributed by atoms with Crippen LogP contribution in [-0.4, -0.2) is 10.7 Å². The minimum Gasteiger partial charge on any atom is -0.390 e. The molecule has 0 atom stereocenters. The van der Waals surface area contributed by atoms with E-state index in [9.17, 15) is 5.11 Å². The topological polar surface area (TPSA) is 20.2 Å². The molecule has 0 saturated carbocycles. The van der Waals surface area contributed by atoms with Gasteiger partial charge in [0.1, 0.15) is 0 Å². The maximum atomic E-state index is 9.42. The molecule has 1 rings (SSSR count). The highest BCUT2D eigenvalue weighted by Crippen LogP contribution is 2.46. The standard InChI is InChI=1S/C9H16O/c1-8(2)5-7(8)6-9(3,4)10/h5,10H,6H2,1-4H3. The van der Waals surface area contributed by atoms with Crippen molar-refractivity contribution in [3.63, 3.8) is 0 Å². The zero-order valence-corrected chi connectivity index (χ0v) is 7.23. The highest BCUT2D eigenvalue weighted by Gasteiger charge is 2.36. The first-order valence-corrected chi connectivity index (χ1v) is 3.76. The molecule has 0 aromatic carbocycles. The summed E-state index contributed by atoms with van der Waals surface area (Å²) < 4.78 is 0. The lowest BCUT2D eigenvalue weighted by Gasteiger charge is -2.16. The molecular formula is C9H16O. The molecule has 0 saturated heterocycles. The van der Waals surface area contributed by atoms with Crippen LogP contribution in [0.25, 0.3) is 0 Å². The summed E-state index contributed by atoms with van der Waals surface area (Å²) in [6.07, 6.45) is 3.03. The van der Waals surface area contributed by atoms with Crippen molar-refractivity contribution in [1.82, 2.24) is 0 Å². The van der Waals surface area contributed by atoms with Crippen LogP contribution < -0.4 is 0 Å². The lowest BCUT2D eigenvalue weighted by molar-refractivity contribution is 0.0802. The molecule has 0 heterocycles. The van der Waals surface area contributed by atoms with E-state index in [0.717, 1.165) is 6.42 Å². The van der Waals surface area contributed by atoms with E-state index in [0.29, 0.717) is 5.41 Å². The van der Waals surface area contributed by atoms with E-state index in [1.54, 1.807) is 0 Å². The Bertz CT molecular complexity index is 170. The average molecular weight is 140 g/mol. The summed E-state index contributed by atoms with van der Waals surface area (Å²) in [6.45, 7) is 8.05. The van der Waals surface area contributed by atoms with Gasteiger partial charge in [-0.25, -0.2) is 0 Å². The third-order valence-corrected chi connectivity index (χ3v) is 1.90. The summed E-state index contributed by atoms with van der Waals surface area (Å²) in [6, 6.07) is 0. The SMILES string of the molecule is CC(C)(O)CC1=CC1(C)C. The van der Waals surface area contributed by atoms with Crippen molar-refractivity contribution in [3.8, 4) is 0 Å². The fourth-order valence-electron chi connectivity index (χ4n) is 1.14. The Labute approximate surface area is 62.8 Å². The van der Waals surface area contributed by atoms with Gasteiger partial charge in [0.15, 0.2) is 0 Å². The molecule has 0 radical (unpaired) electrons. The van der Waals surface area contributed by atoms with Crippen LogP contribution in [0.1, 0.15) is 34.1 Å². The van der Waals surface area contributed by atoms with Crippen LogP contribution in [0.3, 0.4) is 0 Å². The lowest BCUT2D eigenvalue weighted by atomic mass is 9.97. The number of aliphatic hydroxyl groups is 1. The molecule has 10 heavy (non-hydrogen) atoms. The van der Waals surface area contributed by atoms with Crippen molar-refractivity contribution in [2.24, 2.45) is 5.41 Å². The Morgan fingerprint density at radius 3 is 2.00 bits per heavy atom. The van der Waals surface area contributed by atoms with Gasteiger partial charge in [-0.3, -0.25) is 0 Å². The molecule has 1 aliphatic carbocycles. The van der Waals surface area contributed by atoms with E-state index in [2.05, 4.69) is 19.9 Å². The van der Waals surface area contributed by atoms with Crippen molar-refractivity contribution in [2.45, 2.75) is 39.7 Å². The van der Waals surface area contributed by atoms with E-state index < -0.39 is 5.60 Å². The molecule has 0 aromatic heterocycles. The molecule has 0 bridgehead atoms. The zero-order chi connectivity index (χ0) is 7.99. The minimum absolute atomic E-state index is 0.306. The third-order valence-electron chi connectivity index (χ3n) is 1.90. The summed E-state index contributed by atoms with van der Waals surface area (Å²) in [5, 5.41) is 9.42. The fourth-order valence-corrected chi connectivity index (χ4v) is 1.14. The Morgan fingerprint density at radius 2 is 1.90 bits per heavy atom. The van der Waals surface area contributed by atoms with Crippen LogP contribution in [0, 0.1) is 5.41 Å². The molecule has 58 valence electrons. The van der Waals surface area contributed by atoms with E-state index >= 15 is 0 Å². The van der Waals surface area contributed by atoms with Gasteiger partial charge in [0, 0.05) is 5.41 Å². The molecule has 1 N–H and O–H groups in total. The van der Waals surface area contributed by atoms with Gasteiger partial charge < -0.3 is 5.11 Å². The molecule has 0 aliphatic heterocycles. The van der Waals surface area contributed by atoms with Gasteiger partial charge in [0.2, 0.25) is 0 Å². The molecular weight excluding hydrogens is 124 g/mol.